The van der Waals surface area contributed by atoms with Gasteiger partial charge in [0.25, 0.3) is 0 Å². The molecule has 1 heterocycles. The molecule has 0 aliphatic rings. The van der Waals surface area contributed by atoms with E-state index in [0.29, 0.717) is 0 Å². The van der Waals surface area contributed by atoms with Gasteiger partial charge in [-0.05, 0) is 19.9 Å². The summed E-state index contributed by atoms with van der Waals surface area (Å²) in [4.78, 5) is 4.36. The van der Waals surface area contributed by atoms with Crippen molar-refractivity contribution in [1.29, 1.82) is 0 Å². The van der Waals surface area contributed by atoms with Crippen molar-refractivity contribution in [3.05, 3.63) is 29.6 Å². The third kappa shape index (κ3) is 2.55. The van der Waals surface area contributed by atoms with Gasteiger partial charge in [0.15, 0.2) is 0 Å². The molecule has 1 aromatic rings. The second-order valence-electron chi connectivity index (χ2n) is 5.24. The molecule has 0 bridgehead atoms. The maximum Gasteiger partial charge on any atom is 0.0855 e. The van der Waals surface area contributed by atoms with E-state index in [-0.39, 0.29) is 5.41 Å². The Bertz CT molecular complexity index is 268. The third-order valence-corrected chi connectivity index (χ3v) is 2.24. The van der Waals surface area contributed by atoms with E-state index < -0.39 is 5.60 Å². The first-order valence-electron chi connectivity index (χ1n) is 4.90. The molecule has 78 valence electrons. The second kappa shape index (κ2) is 3.35. The minimum absolute atomic E-state index is 0.0676. The first kappa shape index (κ1) is 11.2. The van der Waals surface area contributed by atoms with E-state index in [4.69, 9.17) is 0 Å². The van der Waals surface area contributed by atoms with Crippen molar-refractivity contribution in [1.82, 2.24) is 4.98 Å². The smallest absolute Gasteiger partial charge is 0.0855 e. The maximum absolute atomic E-state index is 9.74. The molecular formula is C12H19NO. The van der Waals surface area contributed by atoms with E-state index in [1.54, 1.807) is 20.0 Å². The SMILES string of the molecule is CC(C)(C)c1ccc(C(C)(C)O)cn1. The van der Waals surface area contributed by atoms with Crippen molar-refractivity contribution in [3.63, 3.8) is 0 Å². The van der Waals surface area contributed by atoms with Gasteiger partial charge >= 0.3 is 0 Å². The molecule has 0 aliphatic heterocycles. The molecular weight excluding hydrogens is 174 g/mol. The van der Waals surface area contributed by atoms with Gasteiger partial charge < -0.3 is 5.11 Å². The summed E-state index contributed by atoms with van der Waals surface area (Å²) in [6.07, 6.45) is 1.75. The van der Waals surface area contributed by atoms with Crippen molar-refractivity contribution in [2.75, 3.05) is 0 Å². The molecule has 1 N–H and O–H groups in total. The van der Waals surface area contributed by atoms with E-state index in [1.165, 1.54) is 0 Å². The van der Waals surface area contributed by atoms with E-state index in [1.807, 2.05) is 12.1 Å². The molecule has 0 saturated heterocycles. The van der Waals surface area contributed by atoms with Crippen LogP contribution < -0.4 is 0 Å². The minimum Gasteiger partial charge on any atom is -0.386 e. The molecule has 0 atom stereocenters. The number of pyridine rings is 1. The van der Waals surface area contributed by atoms with E-state index in [9.17, 15) is 5.11 Å². The van der Waals surface area contributed by atoms with Crippen molar-refractivity contribution >= 4 is 0 Å². The number of nitrogens with zero attached hydrogens (tertiary/aromatic N) is 1. The number of hydrogen-bond acceptors (Lipinski definition) is 2. The van der Waals surface area contributed by atoms with Crippen LogP contribution in [0.3, 0.4) is 0 Å². The highest BCUT2D eigenvalue weighted by atomic mass is 16.3. The standard InChI is InChI=1S/C12H19NO/c1-11(2,3)10-7-6-9(8-13-10)12(4,5)14/h6-8,14H,1-5H3. The summed E-state index contributed by atoms with van der Waals surface area (Å²) in [6, 6.07) is 3.92. The fourth-order valence-electron chi connectivity index (χ4n) is 1.20. The van der Waals surface area contributed by atoms with Crippen LogP contribution in [-0.4, -0.2) is 10.1 Å². The van der Waals surface area contributed by atoms with E-state index in [2.05, 4.69) is 25.8 Å². The van der Waals surface area contributed by atoms with Gasteiger partial charge in [-0.1, -0.05) is 26.8 Å². The fraction of sp³-hybridized carbons (Fsp3) is 0.583. The second-order valence-corrected chi connectivity index (χ2v) is 5.24. The summed E-state index contributed by atoms with van der Waals surface area (Å²) < 4.78 is 0. The molecule has 0 aliphatic carbocycles. The molecule has 0 fully saturated rings. The normalized spacial score (nSPS) is 13.0. The summed E-state index contributed by atoms with van der Waals surface area (Å²) in [6.45, 7) is 9.90. The number of hydrogen-bond donors (Lipinski definition) is 1. The summed E-state index contributed by atoms with van der Waals surface area (Å²) in [5.41, 5.74) is 1.16. The lowest BCUT2D eigenvalue weighted by molar-refractivity contribution is 0.0781. The maximum atomic E-state index is 9.74. The number of rotatable bonds is 1. The minimum atomic E-state index is -0.802. The van der Waals surface area contributed by atoms with Crippen LogP contribution in [-0.2, 0) is 11.0 Å². The molecule has 0 amide bonds. The van der Waals surface area contributed by atoms with Crippen LogP contribution in [0.4, 0.5) is 0 Å². The van der Waals surface area contributed by atoms with Gasteiger partial charge in [-0.25, -0.2) is 0 Å². The predicted octanol–water partition coefficient (Wildman–Crippen LogP) is 2.61. The zero-order valence-corrected chi connectivity index (χ0v) is 9.63. The van der Waals surface area contributed by atoms with Crippen molar-refractivity contribution in [3.8, 4) is 0 Å². The zero-order valence-electron chi connectivity index (χ0n) is 9.63. The molecule has 14 heavy (non-hydrogen) atoms. The predicted molar refractivity (Wildman–Crippen MR) is 58.2 cm³/mol. The average molecular weight is 193 g/mol. The average Bonchev–Trinajstić information content (AvgIpc) is 2.01. The Hall–Kier alpha value is -0.890. The van der Waals surface area contributed by atoms with Gasteiger partial charge in [0, 0.05) is 22.9 Å². The molecule has 0 spiro atoms. The Morgan fingerprint density at radius 3 is 1.93 bits per heavy atom. The Balaban J connectivity index is 3.02. The number of aliphatic hydroxyl groups is 1. The quantitative estimate of drug-likeness (QED) is 0.743. The fourth-order valence-corrected chi connectivity index (χ4v) is 1.20. The highest BCUT2D eigenvalue weighted by Gasteiger charge is 2.19. The monoisotopic (exact) mass is 193 g/mol. The Labute approximate surface area is 86.0 Å². The zero-order chi connectivity index (χ0) is 11.0. The Morgan fingerprint density at radius 1 is 1.07 bits per heavy atom. The summed E-state index contributed by atoms with van der Waals surface area (Å²) in [5, 5.41) is 9.74. The van der Waals surface area contributed by atoms with Crippen LogP contribution in [0.25, 0.3) is 0 Å². The van der Waals surface area contributed by atoms with Gasteiger partial charge in [0.1, 0.15) is 0 Å². The van der Waals surface area contributed by atoms with Crippen molar-refractivity contribution < 1.29 is 5.11 Å². The van der Waals surface area contributed by atoms with Gasteiger partial charge in [0.2, 0.25) is 0 Å². The lowest BCUT2D eigenvalue weighted by Crippen LogP contribution is -2.18. The van der Waals surface area contributed by atoms with Crippen molar-refractivity contribution in [2.24, 2.45) is 0 Å². The molecule has 0 radical (unpaired) electrons. The van der Waals surface area contributed by atoms with Crippen LogP contribution >= 0.6 is 0 Å². The highest BCUT2D eigenvalue weighted by Crippen LogP contribution is 2.23. The first-order valence-corrected chi connectivity index (χ1v) is 4.90. The third-order valence-electron chi connectivity index (χ3n) is 2.24. The summed E-state index contributed by atoms with van der Waals surface area (Å²) in [7, 11) is 0. The van der Waals surface area contributed by atoms with Gasteiger partial charge in [0.05, 0.1) is 5.60 Å². The van der Waals surface area contributed by atoms with Gasteiger partial charge in [-0.2, -0.15) is 0 Å². The van der Waals surface area contributed by atoms with E-state index >= 15 is 0 Å². The van der Waals surface area contributed by atoms with Crippen LogP contribution in [0.1, 0.15) is 45.9 Å². The van der Waals surface area contributed by atoms with Crippen LogP contribution in [0.2, 0.25) is 0 Å². The Morgan fingerprint density at radius 2 is 1.64 bits per heavy atom. The van der Waals surface area contributed by atoms with Crippen LogP contribution in [0.5, 0.6) is 0 Å². The molecule has 1 aromatic heterocycles. The molecule has 0 aromatic carbocycles. The molecule has 2 nitrogen and oxygen atoms in total. The molecule has 1 rings (SSSR count). The largest absolute Gasteiger partial charge is 0.386 e. The molecule has 0 unspecified atom stereocenters. The summed E-state index contributed by atoms with van der Waals surface area (Å²) >= 11 is 0. The Kier molecular flexibility index (Phi) is 2.68. The van der Waals surface area contributed by atoms with Crippen LogP contribution in [0.15, 0.2) is 18.3 Å². The van der Waals surface area contributed by atoms with Crippen molar-refractivity contribution in [2.45, 2.75) is 45.6 Å². The highest BCUT2D eigenvalue weighted by molar-refractivity contribution is 5.22. The molecule has 0 saturated carbocycles. The van der Waals surface area contributed by atoms with Gasteiger partial charge in [-0.15, -0.1) is 0 Å². The summed E-state index contributed by atoms with van der Waals surface area (Å²) in [5.74, 6) is 0. The lowest BCUT2D eigenvalue weighted by Gasteiger charge is -2.21. The molecule has 2 heteroatoms. The number of aromatic nitrogens is 1. The van der Waals surface area contributed by atoms with E-state index in [0.717, 1.165) is 11.3 Å². The topological polar surface area (TPSA) is 33.1 Å². The lowest BCUT2D eigenvalue weighted by atomic mass is 9.90. The van der Waals surface area contributed by atoms with Crippen LogP contribution in [0, 0.1) is 0 Å². The first-order chi connectivity index (χ1) is 6.21. The van der Waals surface area contributed by atoms with Gasteiger partial charge in [-0.3, -0.25) is 4.98 Å².